The number of ether oxygens (including phenoxy) is 1. The molecule has 2 amide bonds. The SMILES string of the molecule is CCCN(CC(=O)O)C(=O)c1cccc(F)c1NC(=O)OCC1c2ccccc2-c2ccccc21. The Balaban J connectivity index is 1.52. The van der Waals surface area contributed by atoms with Gasteiger partial charge in [0.25, 0.3) is 5.91 Å². The number of hydrogen-bond acceptors (Lipinski definition) is 4. The van der Waals surface area contributed by atoms with Crippen LogP contribution >= 0.6 is 0 Å². The number of carbonyl (C=O) groups excluding carboxylic acids is 2. The van der Waals surface area contributed by atoms with Crippen LogP contribution in [0.1, 0.15) is 40.7 Å². The van der Waals surface area contributed by atoms with Crippen molar-refractivity contribution in [1.29, 1.82) is 0 Å². The molecule has 0 bridgehead atoms. The second kappa shape index (κ2) is 10.4. The molecule has 0 unspecified atom stereocenters. The van der Waals surface area contributed by atoms with E-state index in [0.29, 0.717) is 6.42 Å². The smallest absolute Gasteiger partial charge is 0.411 e. The van der Waals surface area contributed by atoms with Crippen molar-refractivity contribution < 1.29 is 28.6 Å². The Labute approximate surface area is 202 Å². The maximum Gasteiger partial charge on any atom is 0.411 e. The second-order valence-electron chi connectivity index (χ2n) is 8.23. The number of nitrogens with zero attached hydrogens (tertiary/aromatic N) is 1. The highest BCUT2D eigenvalue weighted by Crippen LogP contribution is 2.44. The van der Waals surface area contributed by atoms with E-state index in [-0.39, 0.29) is 30.3 Å². The first-order valence-electron chi connectivity index (χ1n) is 11.3. The van der Waals surface area contributed by atoms with E-state index in [9.17, 15) is 18.8 Å². The van der Waals surface area contributed by atoms with Crippen LogP contribution in [0.15, 0.2) is 66.7 Å². The van der Waals surface area contributed by atoms with Crippen molar-refractivity contribution in [3.8, 4) is 11.1 Å². The third kappa shape index (κ3) is 5.01. The molecule has 8 heteroatoms. The highest BCUT2D eigenvalue weighted by atomic mass is 19.1. The summed E-state index contributed by atoms with van der Waals surface area (Å²) < 4.78 is 20.1. The van der Waals surface area contributed by atoms with Crippen LogP contribution in [0.5, 0.6) is 0 Å². The fourth-order valence-corrected chi connectivity index (χ4v) is 4.42. The molecule has 7 nitrogen and oxygen atoms in total. The van der Waals surface area contributed by atoms with Gasteiger partial charge < -0.3 is 14.7 Å². The highest BCUT2D eigenvalue weighted by Gasteiger charge is 2.29. The molecule has 0 saturated heterocycles. The highest BCUT2D eigenvalue weighted by molar-refractivity contribution is 6.03. The number of para-hydroxylation sites is 1. The summed E-state index contributed by atoms with van der Waals surface area (Å²) in [5.74, 6) is -2.88. The fraction of sp³-hybridized carbons (Fsp3) is 0.222. The molecule has 0 atom stereocenters. The van der Waals surface area contributed by atoms with E-state index in [1.807, 2.05) is 48.5 Å². The Morgan fingerprint density at radius 1 is 0.971 bits per heavy atom. The average Bonchev–Trinajstić information content (AvgIpc) is 3.17. The summed E-state index contributed by atoms with van der Waals surface area (Å²) in [6.07, 6.45) is -0.394. The van der Waals surface area contributed by atoms with E-state index in [4.69, 9.17) is 9.84 Å². The van der Waals surface area contributed by atoms with Gasteiger partial charge in [0, 0.05) is 12.5 Å². The zero-order valence-corrected chi connectivity index (χ0v) is 19.2. The van der Waals surface area contributed by atoms with E-state index in [2.05, 4.69) is 5.32 Å². The maximum absolute atomic E-state index is 14.7. The number of nitrogens with one attached hydrogen (secondary N) is 1. The van der Waals surface area contributed by atoms with Gasteiger partial charge >= 0.3 is 12.1 Å². The zero-order valence-electron chi connectivity index (χ0n) is 19.2. The van der Waals surface area contributed by atoms with Crippen LogP contribution in [0.25, 0.3) is 11.1 Å². The predicted molar refractivity (Wildman–Crippen MR) is 129 cm³/mol. The number of halogens is 1. The number of rotatable bonds is 8. The number of carbonyl (C=O) groups is 3. The molecule has 0 aromatic heterocycles. The number of anilines is 1. The van der Waals surface area contributed by atoms with Crippen molar-refractivity contribution >= 4 is 23.7 Å². The summed E-state index contributed by atoms with van der Waals surface area (Å²) in [5.41, 5.74) is 3.73. The first-order chi connectivity index (χ1) is 16.9. The number of carboxylic acids is 1. The number of benzene rings is 3. The predicted octanol–water partition coefficient (Wildman–Crippen LogP) is 5.12. The Bertz CT molecular complexity index is 1230. The fourth-order valence-electron chi connectivity index (χ4n) is 4.42. The summed E-state index contributed by atoms with van der Waals surface area (Å²) in [6.45, 7) is 1.46. The van der Waals surface area contributed by atoms with Gasteiger partial charge in [-0.3, -0.25) is 14.9 Å². The molecule has 0 spiro atoms. The Morgan fingerprint density at radius 2 is 1.60 bits per heavy atom. The summed E-state index contributed by atoms with van der Waals surface area (Å²) in [7, 11) is 0. The first-order valence-corrected chi connectivity index (χ1v) is 11.3. The van der Waals surface area contributed by atoms with Crippen molar-refractivity contribution in [3.63, 3.8) is 0 Å². The van der Waals surface area contributed by atoms with Crippen molar-refractivity contribution in [3.05, 3.63) is 89.2 Å². The second-order valence-corrected chi connectivity index (χ2v) is 8.23. The van der Waals surface area contributed by atoms with Crippen molar-refractivity contribution in [2.24, 2.45) is 0 Å². The van der Waals surface area contributed by atoms with Crippen LogP contribution in [0.2, 0.25) is 0 Å². The van der Waals surface area contributed by atoms with Crippen LogP contribution in [0.3, 0.4) is 0 Å². The topological polar surface area (TPSA) is 95.9 Å². The molecule has 0 fully saturated rings. The first kappa shape index (κ1) is 23.9. The maximum atomic E-state index is 14.7. The number of carboxylic acid groups (broad SMARTS) is 1. The molecule has 1 aliphatic rings. The summed E-state index contributed by atoms with van der Waals surface area (Å²) >= 11 is 0. The minimum absolute atomic E-state index is 0.0264. The lowest BCUT2D eigenvalue weighted by Crippen LogP contribution is -2.37. The largest absolute Gasteiger partial charge is 0.480 e. The van der Waals surface area contributed by atoms with E-state index < -0.39 is 30.3 Å². The van der Waals surface area contributed by atoms with Gasteiger partial charge in [-0.05, 0) is 40.8 Å². The van der Waals surface area contributed by atoms with Gasteiger partial charge in [-0.2, -0.15) is 0 Å². The standard InChI is InChI=1S/C27H25FN2O5/c1-2-14-30(15-24(31)32)26(33)21-12-7-13-23(28)25(21)29-27(34)35-16-22-19-10-5-3-8-17(19)18-9-4-6-11-20(18)22/h3-13,22H,2,14-16H2,1H3,(H,29,34)(H,31,32). The molecule has 0 aliphatic heterocycles. The van der Waals surface area contributed by atoms with Crippen LogP contribution in [0.4, 0.5) is 14.9 Å². The summed E-state index contributed by atoms with van der Waals surface area (Å²) in [4.78, 5) is 37.9. The molecule has 180 valence electrons. The summed E-state index contributed by atoms with van der Waals surface area (Å²) in [5, 5.41) is 11.5. The van der Waals surface area contributed by atoms with Gasteiger partial charge in [0.1, 0.15) is 19.0 Å². The van der Waals surface area contributed by atoms with E-state index >= 15 is 0 Å². The van der Waals surface area contributed by atoms with Crippen LogP contribution in [0, 0.1) is 5.82 Å². The summed E-state index contributed by atoms with van der Waals surface area (Å²) in [6, 6.07) is 19.5. The quantitative estimate of drug-likeness (QED) is 0.470. The Morgan fingerprint density at radius 3 is 2.20 bits per heavy atom. The zero-order chi connectivity index (χ0) is 24.9. The Hall–Kier alpha value is -4.20. The lowest BCUT2D eigenvalue weighted by atomic mass is 9.98. The van der Waals surface area contributed by atoms with Crippen LogP contribution in [-0.2, 0) is 9.53 Å². The molecular formula is C27H25FN2O5. The van der Waals surface area contributed by atoms with Gasteiger partial charge in [-0.1, -0.05) is 61.5 Å². The van der Waals surface area contributed by atoms with Gasteiger partial charge in [-0.15, -0.1) is 0 Å². The molecule has 2 N–H and O–H groups in total. The molecular weight excluding hydrogens is 451 g/mol. The third-order valence-corrected chi connectivity index (χ3v) is 5.92. The lowest BCUT2D eigenvalue weighted by Gasteiger charge is -2.22. The third-order valence-electron chi connectivity index (χ3n) is 5.92. The van der Waals surface area contributed by atoms with Gasteiger partial charge in [0.05, 0.1) is 11.3 Å². The lowest BCUT2D eigenvalue weighted by molar-refractivity contribution is -0.137. The average molecular weight is 477 g/mol. The van der Waals surface area contributed by atoms with Gasteiger partial charge in [0.15, 0.2) is 0 Å². The molecule has 4 rings (SSSR count). The molecule has 35 heavy (non-hydrogen) atoms. The molecule has 3 aromatic carbocycles. The number of amides is 2. The van der Waals surface area contributed by atoms with Gasteiger partial charge in [-0.25, -0.2) is 9.18 Å². The monoisotopic (exact) mass is 476 g/mol. The van der Waals surface area contributed by atoms with Crippen LogP contribution < -0.4 is 5.32 Å². The number of aliphatic carboxylic acids is 1. The van der Waals surface area contributed by atoms with Crippen molar-refractivity contribution in [2.75, 3.05) is 25.0 Å². The number of fused-ring (bicyclic) bond motifs is 3. The van der Waals surface area contributed by atoms with E-state index in [0.717, 1.165) is 33.2 Å². The Kier molecular flexibility index (Phi) is 7.10. The minimum atomic E-state index is -1.19. The number of hydrogen-bond donors (Lipinski definition) is 2. The van der Waals surface area contributed by atoms with E-state index in [1.54, 1.807) is 6.92 Å². The van der Waals surface area contributed by atoms with E-state index in [1.165, 1.54) is 12.1 Å². The van der Waals surface area contributed by atoms with Gasteiger partial charge in [0.2, 0.25) is 0 Å². The molecule has 3 aromatic rings. The van der Waals surface area contributed by atoms with Crippen molar-refractivity contribution in [2.45, 2.75) is 19.3 Å². The molecule has 0 heterocycles. The molecule has 0 saturated carbocycles. The molecule has 0 radical (unpaired) electrons. The molecule has 1 aliphatic carbocycles. The normalized spacial score (nSPS) is 11.9. The van der Waals surface area contributed by atoms with Crippen molar-refractivity contribution in [1.82, 2.24) is 4.90 Å². The minimum Gasteiger partial charge on any atom is -0.480 e. The van der Waals surface area contributed by atoms with Crippen LogP contribution in [-0.4, -0.2) is 47.7 Å².